The highest BCUT2D eigenvalue weighted by Crippen LogP contribution is 2.10. The first-order valence-corrected chi connectivity index (χ1v) is 6.10. The maximum atomic E-state index is 12.2. The Morgan fingerprint density at radius 2 is 2.00 bits per heavy atom. The molecule has 0 saturated carbocycles. The molecule has 0 spiro atoms. The molecule has 0 fully saturated rings. The summed E-state index contributed by atoms with van der Waals surface area (Å²) in [7, 11) is 0. The summed E-state index contributed by atoms with van der Waals surface area (Å²) in [6.45, 7) is 0.437. The van der Waals surface area contributed by atoms with Crippen molar-refractivity contribution in [2.45, 2.75) is 13.0 Å². The minimum absolute atomic E-state index is 0.114. The highest BCUT2D eigenvalue weighted by atomic mass is 16.4. The van der Waals surface area contributed by atoms with E-state index in [1.807, 2.05) is 0 Å². The van der Waals surface area contributed by atoms with E-state index in [2.05, 4.69) is 4.98 Å². The molecule has 6 nitrogen and oxygen atoms in total. The molecule has 0 aliphatic carbocycles. The molecule has 0 aliphatic rings. The van der Waals surface area contributed by atoms with Crippen molar-refractivity contribution in [3.05, 3.63) is 54.2 Å². The van der Waals surface area contributed by atoms with Crippen LogP contribution in [0.15, 0.2) is 47.3 Å². The van der Waals surface area contributed by atoms with Crippen LogP contribution in [0.1, 0.15) is 22.5 Å². The predicted octanol–water partition coefficient (Wildman–Crippen LogP) is 1.79. The Labute approximate surface area is 115 Å². The quantitative estimate of drug-likeness (QED) is 0.868. The van der Waals surface area contributed by atoms with Gasteiger partial charge in [-0.1, -0.05) is 0 Å². The molecule has 20 heavy (non-hydrogen) atoms. The summed E-state index contributed by atoms with van der Waals surface area (Å²) in [5.41, 5.74) is 0.880. The van der Waals surface area contributed by atoms with Gasteiger partial charge in [0, 0.05) is 25.5 Å². The maximum Gasteiger partial charge on any atom is 0.305 e. The summed E-state index contributed by atoms with van der Waals surface area (Å²) < 4.78 is 5.07. The van der Waals surface area contributed by atoms with Gasteiger partial charge in [-0.3, -0.25) is 14.6 Å². The van der Waals surface area contributed by atoms with Crippen LogP contribution in [-0.4, -0.2) is 33.4 Å². The van der Waals surface area contributed by atoms with E-state index < -0.39 is 5.97 Å². The smallest absolute Gasteiger partial charge is 0.305 e. The number of carbonyl (C=O) groups is 2. The zero-order valence-corrected chi connectivity index (χ0v) is 10.7. The Bertz CT molecular complexity index is 566. The first kappa shape index (κ1) is 13.8. The van der Waals surface area contributed by atoms with Gasteiger partial charge in [-0.15, -0.1) is 0 Å². The van der Waals surface area contributed by atoms with Crippen LogP contribution < -0.4 is 0 Å². The van der Waals surface area contributed by atoms with Gasteiger partial charge < -0.3 is 14.4 Å². The molecule has 0 aromatic carbocycles. The first-order valence-electron chi connectivity index (χ1n) is 6.10. The molecule has 0 atom stereocenters. The average Bonchev–Trinajstić information content (AvgIpc) is 2.97. The fourth-order valence-corrected chi connectivity index (χ4v) is 1.75. The number of hydrogen-bond donors (Lipinski definition) is 1. The second-order valence-electron chi connectivity index (χ2n) is 4.20. The Balaban J connectivity index is 2.12. The fourth-order valence-electron chi connectivity index (χ4n) is 1.75. The minimum atomic E-state index is -0.947. The summed E-state index contributed by atoms with van der Waals surface area (Å²) in [6.07, 6.45) is 4.55. The second-order valence-corrected chi connectivity index (χ2v) is 4.20. The van der Waals surface area contributed by atoms with Crippen LogP contribution in [0.25, 0.3) is 0 Å². The molecule has 104 valence electrons. The third-order valence-corrected chi connectivity index (χ3v) is 2.74. The van der Waals surface area contributed by atoms with E-state index in [1.165, 1.54) is 11.2 Å². The zero-order chi connectivity index (χ0) is 14.4. The maximum absolute atomic E-state index is 12.2. The van der Waals surface area contributed by atoms with Crippen LogP contribution in [0.4, 0.5) is 0 Å². The van der Waals surface area contributed by atoms with E-state index in [9.17, 15) is 9.59 Å². The first-order chi connectivity index (χ1) is 9.66. The fraction of sp³-hybridized carbons (Fsp3) is 0.214. The lowest BCUT2D eigenvalue weighted by Crippen LogP contribution is -2.32. The van der Waals surface area contributed by atoms with Crippen molar-refractivity contribution in [2.75, 3.05) is 6.54 Å². The number of aliphatic carboxylic acids is 1. The van der Waals surface area contributed by atoms with Crippen LogP contribution in [0.3, 0.4) is 0 Å². The Hall–Kier alpha value is -2.63. The number of hydrogen-bond acceptors (Lipinski definition) is 4. The molecule has 1 N–H and O–H groups in total. The van der Waals surface area contributed by atoms with Crippen molar-refractivity contribution < 1.29 is 19.1 Å². The molecule has 2 aromatic rings. The highest BCUT2D eigenvalue weighted by molar-refractivity contribution is 5.91. The molecule has 2 heterocycles. The van der Waals surface area contributed by atoms with E-state index in [0.717, 1.165) is 5.56 Å². The monoisotopic (exact) mass is 274 g/mol. The van der Waals surface area contributed by atoms with Crippen molar-refractivity contribution in [2.24, 2.45) is 0 Å². The number of pyridine rings is 1. The van der Waals surface area contributed by atoms with Crippen LogP contribution in [0.2, 0.25) is 0 Å². The van der Waals surface area contributed by atoms with E-state index in [-0.39, 0.29) is 24.6 Å². The molecule has 0 radical (unpaired) electrons. The van der Waals surface area contributed by atoms with E-state index in [0.29, 0.717) is 6.54 Å². The summed E-state index contributed by atoms with van der Waals surface area (Å²) >= 11 is 0. The predicted molar refractivity (Wildman–Crippen MR) is 69.9 cm³/mol. The van der Waals surface area contributed by atoms with E-state index >= 15 is 0 Å². The topological polar surface area (TPSA) is 83.6 Å². The van der Waals surface area contributed by atoms with Crippen LogP contribution >= 0.6 is 0 Å². The van der Waals surface area contributed by atoms with Crippen LogP contribution in [0, 0.1) is 0 Å². The Kier molecular flexibility index (Phi) is 4.49. The molecule has 0 bridgehead atoms. The second kappa shape index (κ2) is 6.51. The van der Waals surface area contributed by atoms with Crippen LogP contribution in [-0.2, 0) is 11.3 Å². The van der Waals surface area contributed by atoms with E-state index in [1.54, 1.807) is 36.7 Å². The Morgan fingerprint density at radius 1 is 1.25 bits per heavy atom. The highest BCUT2D eigenvalue weighted by Gasteiger charge is 2.19. The number of carboxylic acids is 1. The number of carboxylic acid groups (broad SMARTS) is 1. The van der Waals surface area contributed by atoms with Gasteiger partial charge in [-0.2, -0.15) is 0 Å². The number of nitrogens with zero attached hydrogens (tertiary/aromatic N) is 2. The summed E-state index contributed by atoms with van der Waals surface area (Å²) in [5, 5.41) is 8.77. The Morgan fingerprint density at radius 3 is 2.60 bits per heavy atom. The molecular weight excluding hydrogens is 260 g/mol. The van der Waals surface area contributed by atoms with Crippen molar-refractivity contribution in [1.82, 2.24) is 9.88 Å². The van der Waals surface area contributed by atoms with Crippen molar-refractivity contribution >= 4 is 11.9 Å². The summed E-state index contributed by atoms with van der Waals surface area (Å²) in [6, 6.07) is 6.74. The molecule has 1 amide bonds. The molecule has 6 heteroatoms. The molecular formula is C14H14N2O4. The lowest BCUT2D eigenvalue weighted by atomic mass is 10.2. The van der Waals surface area contributed by atoms with Crippen molar-refractivity contribution in [1.29, 1.82) is 0 Å². The molecule has 0 unspecified atom stereocenters. The van der Waals surface area contributed by atoms with Crippen LogP contribution in [0.5, 0.6) is 0 Å². The van der Waals surface area contributed by atoms with E-state index in [4.69, 9.17) is 9.52 Å². The van der Waals surface area contributed by atoms with Crippen molar-refractivity contribution in [3.63, 3.8) is 0 Å². The third-order valence-electron chi connectivity index (χ3n) is 2.74. The largest absolute Gasteiger partial charge is 0.481 e. The van der Waals surface area contributed by atoms with Gasteiger partial charge >= 0.3 is 5.97 Å². The number of amides is 1. The number of aromatic nitrogens is 1. The normalized spacial score (nSPS) is 10.2. The SMILES string of the molecule is O=C(O)CCN(Cc1ccncc1)C(=O)c1ccco1. The zero-order valence-electron chi connectivity index (χ0n) is 10.7. The van der Waals surface area contributed by atoms with Gasteiger partial charge in [-0.05, 0) is 29.8 Å². The van der Waals surface area contributed by atoms with Gasteiger partial charge in [-0.25, -0.2) is 0 Å². The molecule has 2 aromatic heterocycles. The molecule has 2 rings (SSSR count). The standard InChI is InChI=1S/C14H14N2O4/c17-13(18)5-8-16(10-11-3-6-15-7-4-11)14(19)12-2-1-9-20-12/h1-4,6-7,9H,5,8,10H2,(H,17,18). The molecule has 0 saturated heterocycles. The number of rotatable bonds is 6. The van der Waals surface area contributed by atoms with Gasteiger partial charge in [0.25, 0.3) is 5.91 Å². The van der Waals surface area contributed by atoms with Gasteiger partial charge in [0.2, 0.25) is 0 Å². The van der Waals surface area contributed by atoms with Gasteiger partial charge in [0.15, 0.2) is 5.76 Å². The number of carbonyl (C=O) groups excluding carboxylic acids is 1. The summed E-state index contributed by atoms with van der Waals surface area (Å²) in [4.78, 5) is 28.3. The van der Waals surface area contributed by atoms with Gasteiger partial charge in [0.05, 0.1) is 12.7 Å². The number of furan rings is 1. The van der Waals surface area contributed by atoms with Gasteiger partial charge in [0.1, 0.15) is 0 Å². The average molecular weight is 274 g/mol. The third kappa shape index (κ3) is 3.68. The molecule has 0 aliphatic heterocycles. The lowest BCUT2D eigenvalue weighted by Gasteiger charge is -2.20. The lowest BCUT2D eigenvalue weighted by molar-refractivity contribution is -0.137. The van der Waals surface area contributed by atoms with Crippen molar-refractivity contribution in [3.8, 4) is 0 Å². The summed E-state index contributed by atoms with van der Waals surface area (Å²) in [5.74, 6) is -1.07. The minimum Gasteiger partial charge on any atom is -0.481 e.